The highest BCUT2D eigenvalue weighted by atomic mass is 32.2. The molecule has 1 atom stereocenters. The van der Waals surface area contributed by atoms with Crippen LogP contribution < -0.4 is 9.62 Å². The fourth-order valence-corrected chi connectivity index (χ4v) is 4.62. The SMILES string of the molecule is CCC(C(=O)NCc1ccc2ccccc2c1)N(c1ccc(C)cc1)S(C)(=O)=O. The highest BCUT2D eigenvalue weighted by molar-refractivity contribution is 7.92. The van der Waals surface area contributed by atoms with Crippen LogP contribution in [0, 0.1) is 6.92 Å². The van der Waals surface area contributed by atoms with E-state index in [9.17, 15) is 13.2 Å². The van der Waals surface area contributed by atoms with Gasteiger partial charge in [-0.3, -0.25) is 9.10 Å². The van der Waals surface area contributed by atoms with Crippen molar-refractivity contribution < 1.29 is 13.2 Å². The number of fused-ring (bicyclic) bond motifs is 1. The van der Waals surface area contributed by atoms with Gasteiger partial charge in [-0.25, -0.2) is 8.42 Å². The van der Waals surface area contributed by atoms with Crippen molar-refractivity contribution in [2.24, 2.45) is 0 Å². The number of aryl methyl sites for hydroxylation is 1. The Kier molecular flexibility index (Phi) is 6.23. The Morgan fingerprint density at radius 2 is 1.66 bits per heavy atom. The third kappa shape index (κ3) is 4.95. The van der Waals surface area contributed by atoms with E-state index in [1.807, 2.05) is 68.4 Å². The van der Waals surface area contributed by atoms with Gasteiger partial charge < -0.3 is 5.32 Å². The molecule has 1 amide bonds. The molecule has 152 valence electrons. The van der Waals surface area contributed by atoms with Gasteiger partial charge in [0.25, 0.3) is 0 Å². The fraction of sp³-hybridized carbons (Fsp3) is 0.261. The number of nitrogens with zero attached hydrogens (tertiary/aromatic N) is 1. The normalized spacial score (nSPS) is 12.5. The summed E-state index contributed by atoms with van der Waals surface area (Å²) in [5.74, 6) is -0.313. The number of amides is 1. The zero-order chi connectivity index (χ0) is 21.0. The average molecular weight is 411 g/mol. The second-order valence-electron chi connectivity index (χ2n) is 7.22. The van der Waals surface area contributed by atoms with Gasteiger partial charge in [-0.15, -0.1) is 0 Å². The number of rotatable bonds is 7. The molecule has 0 aromatic heterocycles. The zero-order valence-corrected chi connectivity index (χ0v) is 17.7. The minimum atomic E-state index is -3.63. The number of hydrogen-bond acceptors (Lipinski definition) is 3. The number of carbonyl (C=O) groups is 1. The van der Waals surface area contributed by atoms with E-state index in [1.54, 1.807) is 12.1 Å². The topological polar surface area (TPSA) is 66.5 Å². The quantitative estimate of drug-likeness (QED) is 0.640. The summed E-state index contributed by atoms with van der Waals surface area (Å²) in [5, 5.41) is 5.14. The maximum Gasteiger partial charge on any atom is 0.244 e. The number of anilines is 1. The van der Waals surface area contributed by atoms with Gasteiger partial charge in [0.2, 0.25) is 15.9 Å². The Morgan fingerprint density at radius 1 is 1.00 bits per heavy atom. The van der Waals surface area contributed by atoms with Crippen molar-refractivity contribution in [3.63, 3.8) is 0 Å². The van der Waals surface area contributed by atoms with Gasteiger partial charge in [0.15, 0.2) is 0 Å². The van der Waals surface area contributed by atoms with E-state index in [0.717, 1.165) is 28.2 Å². The number of carbonyl (C=O) groups excluding carboxylic acids is 1. The summed E-state index contributed by atoms with van der Waals surface area (Å²) in [5.41, 5.74) is 2.48. The van der Waals surface area contributed by atoms with Crippen molar-refractivity contribution in [1.29, 1.82) is 0 Å². The van der Waals surface area contributed by atoms with Gasteiger partial charge in [0, 0.05) is 6.54 Å². The van der Waals surface area contributed by atoms with Crippen molar-refractivity contribution in [1.82, 2.24) is 5.32 Å². The minimum absolute atomic E-state index is 0.313. The molecule has 0 bridgehead atoms. The lowest BCUT2D eigenvalue weighted by Gasteiger charge is -2.30. The maximum absolute atomic E-state index is 12.9. The van der Waals surface area contributed by atoms with Crippen LogP contribution in [0.5, 0.6) is 0 Å². The number of benzene rings is 3. The lowest BCUT2D eigenvalue weighted by atomic mass is 10.1. The lowest BCUT2D eigenvalue weighted by Crippen LogP contribution is -2.49. The minimum Gasteiger partial charge on any atom is -0.350 e. The Hall–Kier alpha value is -2.86. The first-order chi connectivity index (χ1) is 13.8. The molecule has 0 radical (unpaired) electrons. The molecule has 0 aliphatic rings. The number of sulfonamides is 1. The summed E-state index contributed by atoms with van der Waals surface area (Å²) < 4.78 is 26.2. The van der Waals surface area contributed by atoms with Gasteiger partial charge in [-0.1, -0.05) is 61.0 Å². The van der Waals surface area contributed by atoms with Crippen LogP contribution >= 0.6 is 0 Å². The van der Waals surface area contributed by atoms with E-state index in [-0.39, 0.29) is 5.91 Å². The fourth-order valence-electron chi connectivity index (χ4n) is 3.41. The third-order valence-corrected chi connectivity index (χ3v) is 6.08. The molecule has 0 aliphatic carbocycles. The highest BCUT2D eigenvalue weighted by Crippen LogP contribution is 2.23. The van der Waals surface area contributed by atoms with Crippen LogP contribution in [0.25, 0.3) is 10.8 Å². The summed E-state index contributed by atoms with van der Waals surface area (Å²) >= 11 is 0. The van der Waals surface area contributed by atoms with Crippen LogP contribution in [0.15, 0.2) is 66.7 Å². The molecule has 1 unspecified atom stereocenters. The summed E-state index contributed by atoms with van der Waals surface area (Å²) in [6.45, 7) is 4.08. The van der Waals surface area contributed by atoms with E-state index in [1.165, 1.54) is 4.31 Å². The first-order valence-corrected chi connectivity index (χ1v) is 11.5. The van der Waals surface area contributed by atoms with E-state index in [2.05, 4.69) is 5.32 Å². The molecule has 5 nitrogen and oxygen atoms in total. The number of nitrogens with one attached hydrogen (secondary N) is 1. The van der Waals surface area contributed by atoms with Gasteiger partial charge in [-0.05, 0) is 47.9 Å². The molecular formula is C23H26N2O3S. The van der Waals surface area contributed by atoms with Gasteiger partial charge >= 0.3 is 0 Å². The Bertz CT molecular complexity index is 1110. The first kappa shape index (κ1) is 20.9. The molecule has 0 heterocycles. The van der Waals surface area contributed by atoms with Gasteiger partial charge in [0.05, 0.1) is 11.9 Å². The second-order valence-corrected chi connectivity index (χ2v) is 9.08. The monoisotopic (exact) mass is 410 g/mol. The molecule has 0 saturated carbocycles. The predicted molar refractivity (Wildman–Crippen MR) is 118 cm³/mol. The average Bonchev–Trinajstić information content (AvgIpc) is 2.70. The molecular weight excluding hydrogens is 384 g/mol. The molecule has 3 rings (SSSR count). The van der Waals surface area contributed by atoms with Crippen LogP contribution in [-0.4, -0.2) is 26.6 Å². The summed E-state index contributed by atoms with van der Waals surface area (Å²) in [6.07, 6.45) is 1.50. The van der Waals surface area contributed by atoms with Gasteiger partial charge in [-0.2, -0.15) is 0 Å². The molecule has 3 aromatic carbocycles. The second kappa shape index (κ2) is 8.66. The molecule has 1 N–H and O–H groups in total. The van der Waals surface area contributed by atoms with Crippen LogP contribution in [0.4, 0.5) is 5.69 Å². The van der Waals surface area contributed by atoms with E-state index in [4.69, 9.17) is 0 Å². The van der Waals surface area contributed by atoms with Crippen molar-refractivity contribution in [2.45, 2.75) is 32.9 Å². The van der Waals surface area contributed by atoms with Crippen LogP contribution in [-0.2, 0) is 21.4 Å². The lowest BCUT2D eigenvalue weighted by molar-refractivity contribution is -0.122. The van der Waals surface area contributed by atoms with Crippen LogP contribution in [0.1, 0.15) is 24.5 Å². The molecule has 6 heteroatoms. The van der Waals surface area contributed by atoms with Crippen molar-refractivity contribution in [2.75, 3.05) is 10.6 Å². The van der Waals surface area contributed by atoms with Crippen LogP contribution in [0.3, 0.4) is 0 Å². The Morgan fingerprint density at radius 3 is 2.28 bits per heavy atom. The summed E-state index contributed by atoms with van der Waals surface area (Å²) in [6, 6.07) is 20.4. The molecule has 29 heavy (non-hydrogen) atoms. The highest BCUT2D eigenvalue weighted by Gasteiger charge is 2.31. The van der Waals surface area contributed by atoms with Gasteiger partial charge in [0.1, 0.15) is 6.04 Å². The molecule has 0 saturated heterocycles. The first-order valence-electron chi connectivity index (χ1n) is 9.61. The zero-order valence-electron chi connectivity index (χ0n) is 16.9. The van der Waals surface area contributed by atoms with E-state index >= 15 is 0 Å². The third-order valence-electron chi connectivity index (χ3n) is 4.90. The summed E-state index contributed by atoms with van der Waals surface area (Å²) in [4.78, 5) is 12.9. The predicted octanol–water partition coefficient (Wildman–Crippen LogP) is 4.01. The summed E-state index contributed by atoms with van der Waals surface area (Å²) in [7, 11) is -3.63. The van der Waals surface area contributed by atoms with Crippen molar-refractivity contribution in [3.05, 3.63) is 77.9 Å². The maximum atomic E-state index is 12.9. The van der Waals surface area contributed by atoms with E-state index < -0.39 is 16.1 Å². The Labute approximate surface area is 172 Å². The Balaban J connectivity index is 1.80. The largest absolute Gasteiger partial charge is 0.350 e. The molecule has 0 fully saturated rings. The number of hydrogen-bond donors (Lipinski definition) is 1. The molecule has 0 spiro atoms. The van der Waals surface area contributed by atoms with Crippen LogP contribution in [0.2, 0.25) is 0 Å². The smallest absolute Gasteiger partial charge is 0.244 e. The standard InChI is InChI=1S/C23H26N2O3S/c1-4-22(25(29(3,27)28)21-13-9-17(2)10-14-21)23(26)24-16-18-11-12-19-7-5-6-8-20(19)15-18/h5-15,22H,4,16H2,1-3H3,(H,24,26). The molecule has 0 aliphatic heterocycles. The van der Waals surface area contributed by atoms with Crippen molar-refractivity contribution >= 4 is 32.4 Å². The van der Waals surface area contributed by atoms with E-state index in [0.29, 0.717) is 18.7 Å². The molecule has 3 aromatic rings. The van der Waals surface area contributed by atoms with Crippen molar-refractivity contribution in [3.8, 4) is 0 Å².